The lowest BCUT2D eigenvalue weighted by Gasteiger charge is -2.29. The Kier molecular flexibility index (Phi) is 10.8. The molecular weight excluding hydrogens is 907 g/mol. The number of benzene rings is 12. The summed E-state index contributed by atoms with van der Waals surface area (Å²) < 4.78 is 4.78. The van der Waals surface area contributed by atoms with Crippen molar-refractivity contribution in [1.29, 1.82) is 0 Å². The predicted molar refractivity (Wildman–Crippen MR) is 317 cm³/mol. The molecule has 3 nitrogen and oxygen atoms in total. The summed E-state index contributed by atoms with van der Waals surface area (Å²) >= 11 is 0. The smallest absolute Gasteiger partial charge is 0.0547 e. The first kappa shape index (κ1) is 43.8. The summed E-state index contributed by atoms with van der Waals surface area (Å²) in [5.74, 6) is 0. The maximum Gasteiger partial charge on any atom is 0.0547 e. The van der Waals surface area contributed by atoms with Gasteiger partial charge in [-0.2, -0.15) is 0 Å². The van der Waals surface area contributed by atoms with E-state index in [0.29, 0.717) is 0 Å². The van der Waals surface area contributed by atoms with Crippen LogP contribution in [0.1, 0.15) is 0 Å². The van der Waals surface area contributed by atoms with Crippen molar-refractivity contribution in [3.63, 3.8) is 0 Å². The molecule has 0 radical (unpaired) electrons. The molecule has 14 rings (SSSR count). The van der Waals surface area contributed by atoms with Crippen molar-refractivity contribution < 1.29 is 0 Å². The van der Waals surface area contributed by atoms with E-state index in [0.717, 1.165) is 56.3 Å². The second-order valence-electron chi connectivity index (χ2n) is 19.2. The molecule has 352 valence electrons. The van der Waals surface area contributed by atoms with Crippen LogP contribution in [0.4, 0.5) is 17.1 Å². The van der Waals surface area contributed by atoms with Crippen molar-refractivity contribution >= 4 is 60.7 Å². The zero-order valence-electron chi connectivity index (χ0n) is 41.1. The molecule has 2 aromatic heterocycles. The molecule has 0 atom stereocenters. The lowest BCUT2D eigenvalue weighted by Crippen LogP contribution is -2.11. The van der Waals surface area contributed by atoms with Crippen LogP contribution in [-0.4, -0.2) is 9.13 Å². The average molecular weight is 956 g/mol. The standard InChI is InChI=1S/C72H49N3/c1-3-21-51(22-4-1)58-27-7-8-28-60(58)61-29-9-10-30-62(61)63-31-11-15-36-67(63)73(55-45-41-50(42-46-55)53-23-19-26-57(49-53)75-68-37-16-12-32-64(68)65-33-13-17-38-69(65)75)56-47-43-52(44-48-56)59-35-20-40-71-72(59)66-34-14-18-39-70(66)74(71)54-24-5-2-6-25-54/h1-49H. The van der Waals surface area contributed by atoms with Gasteiger partial charge in [-0.25, -0.2) is 0 Å². The molecule has 0 aliphatic carbocycles. The molecule has 3 heteroatoms. The van der Waals surface area contributed by atoms with Crippen LogP contribution < -0.4 is 4.90 Å². The molecule has 0 spiro atoms. The van der Waals surface area contributed by atoms with Gasteiger partial charge in [-0.3, -0.25) is 0 Å². The van der Waals surface area contributed by atoms with Gasteiger partial charge < -0.3 is 14.0 Å². The minimum Gasteiger partial charge on any atom is -0.310 e. The SMILES string of the molecule is c1ccc(-c2ccccc2-c2ccccc2-c2ccccc2N(c2ccc(-c3cccc(-n4c5ccccc5c5ccccc54)c3)cc2)c2ccc(-c3cccc4c3c3ccccc3n4-c3ccccc3)cc2)cc1. The van der Waals surface area contributed by atoms with Gasteiger partial charge >= 0.3 is 0 Å². The fourth-order valence-corrected chi connectivity index (χ4v) is 11.6. The highest BCUT2D eigenvalue weighted by Gasteiger charge is 2.22. The van der Waals surface area contributed by atoms with Crippen LogP contribution >= 0.6 is 0 Å². The molecular formula is C72H49N3. The molecule has 0 bridgehead atoms. The highest BCUT2D eigenvalue weighted by atomic mass is 15.1. The van der Waals surface area contributed by atoms with Gasteiger partial charge in [0.1, 0.15) is 0 Å². The van der Waals surface area contributed by atoms with E-state index in [1.54, 1.807) is 0 Å². The number of fused-ring (bicyclic) bond motifs is 6. The van der Waals surface area contributed by atoms with Crippen LogP contribution in [0.3, 0.4) is 0 Å². The number of rotatable bonds is 10. The van der Waals surface area contributed by atoms with Crippen molar-refractivity contribution in [2.75, 3.05) is 4.90 Å². The van der Waals surface area contributed by atoms with Crippen molar-refractivity contribution in [2.24, 2.45) is 0 Å². The zero-order valence-corrected chi connectivity index (χ0v) is 41.1. The Hall–Kier alpha value is -9.96. The Balaban J connectivity index is 0.910. The molecule has 14 aromatic rings. The van der Waals surface area contributed by atoms with Crippen molar-refractivity contribution in [1.82, 2.24) is 9.13 Å². The number of anilines is 3. The van der Waals surface area contributed by atoms with Crippen molar-refractivity contribution in [2.45, 2.75) is 0 Å². The molecule has 0 aliphatic rings. The molecule has 0 N–H and O–H groups in total. The number of para-hydroxylation sites is 5. The second kappa shape index (κ2) is 18.6. The van der Waals surface area contributed by atoms with E-state index in [2.05, 4.69) is 311 Å². The normalized spacial score (nSPS) is 11.5. The van der Waals surface area contributed by atoms with E-state index in [-0.39, 0.29) is 0 Å². The number of hydrogen-bond donors (Lipinski definition) is 0. The Morgan fingerprint density at radius 2 is 0.627 bits per heavy atom. The van der Waals surface area contributed by atoms with Gasteiger partial charge in [0.2, 0.25) is 0 Å². The van der Waals surface area contributed by atoms with E-state index < -0.39 is 0 Å². The molecule has 0 saturated heterocycles. The summed E-state index contributed by atoms with van der Waals surface area (Å²) in [5, 5.41) is 5.00. The number of aromatic nitrogens is 2. The fraction of sp³-hybridized carbons (Fsp3) is 0. The van der Waals surface area contributed by atoms with Crippen LogP contribution in [0.2, 0.25) is 0 Å². The van der Waals surface area contributed by atoms with Gasteiger partial charge in [0, 0.05) is 49.9 Å². The highest BCUT2D eigenvalue weighted by molar-refractivity contribution is 6.16. The summed E-state index contributed by atoms with van der Waals surface area (Å²) in [6, 6.07) is 108. The van der Waals surface area contributed by atoms with Gasteiger partial charge in [-0.15, -0.1) is 0 Å². The van der Waals surface area contributed by atoms with Gasteiger partial charge in [-0.05, 0) is 129 Å². The Bertz CT molecular complexity index is 4340. The molecule has 0 amide bonds. The van der Waals surface area contributed by atoms with Crippen molar-refractivity contribution in [3.05, 3.63) is 297 Å². The van der Waals surface area contributed by atoms with Gasteiger partial charge in [0.05, 0.1) is 27.8 Å². The summed E-state index contributed by atoms with van der Waals surface area (Å²) in [4.78, 5) is 2.43. The van der Waals surface area contributed by atoms with Crippen LogP contribution in [0.5, 0.6) is 0 Å². The minimum absolute atomic E-state index is 1.06. The van der Waals surface area contributed by atoms with Crippen LogP contribution in [0.25, 0.3) is 111 Å². The average Bonchev–Trinajstić information content (AvgIpc) is 4.03. The van der Waals surface area contributed by atoms with E-state index in [4.69, 9.17) is 0 Å². The lowest BCUT2D eigenvalue weighted by molar-refractivity contribution is 1.18. The first-order chi connectivity index (χ1) is 37.2. The Morgan fingerprint density at radius 3 is 1.28 bits per heavy atom. The summed E-state index contributed by atoms with van der Waals surface area (Å²) in [5.41, 5.74) is 22.0. The summed E-state index contributed by atoms with van der Waals surface area (Å²) in [6.45, 7) is 0. The zero-order chi connectivity index (χ0) is 49.7. The quantitative estimate of drug-likeness (QED) is 0.133. The topological polar surface area (TPSA) is 13.1 Å². The third-order valence-electron chi connectivity index (χ3n) is 15.0. The summed E-state index contributed by atoms with van der Waals surface area (Å²) in [6.07, 6.45) is 0. The third-order valence-corrected chi connectivity index (χ3v) is 15.0. The monoisotopic (exact) mass is 955 g/mol. The van der Waals surface area contributed by atoms with Gasteiger partial charge in [0.25, 0.3) is 0 Å². The number of nitrogens with zero attached hydrogens (tertiary/aromatic N) is 3. The lowest BCUT2D eigenvalue weighted by atomic mass is 9.88. The molecule has 12 aromatic carbocycles. The molecule has 0 fully saturated rings. The molecule has 0 aliphatic heterocycles. The minimum atomic E-state index is 1.06. The van der Waals surface area contributed by atoms with Crippen LogP contribution in [0.15, 0.2) is 297 Å². The summed E-state index contributed by atoms with van der Waals surface area (Å²) in [7, 11) is 0. The third kappa shape index (κ3) is 7.60. The molecule has 75 heavy (non-hydrogen) atoms. The fourth-order valence-electron chi connectivity index (χ4n) is 11.6. The van der Waals surface area contributed by atoms with Crippen molar-refractivity contribution in [3.8, 4) is 67.0 Å². The van der Waals surface area contributed by atoms with Crippen LogP contribution in [0, 0.1) is 0 Å². The van der Waals surface area contributed by atoms with E-state index in [9.17, 15) is 0 Å². The largest absolute Gasteiger partial charge is 0.310 e. The van der Waals surface area contributed by atoms with E-state index in [1.807, 2.05) is 0 Å². The Labute approximate surface area is 436 Å². The Morgan fingerprint density at radius 1 is 0.227 bits per heavy atom. The molecule has 0 unspecified atom stereocenters. The van der Waals surface area contributed by atoms with Gasteiger partial charge in [-0.1, -0.05) is 218 Å². The first-order valence-corrected chi connectivity index (χ1v) is 25.8. The van der Waals surface area contributed by atoms with Gasteiger partial charge in [0.15, 0.2) is 0 Å². The first-order valence-electron chi connectivity index (χ1n) is 25.8. The van der Waals surface area contributed by atoms with E-state index in [1.165, 1.54) is 71.4 Å². The maximum absolute atomic E-state index is 2.43. The molecule has 0 saturated carbocycles. The van der Waals surface area contributed by atoms with Crippen LogP contribution in [-0.2, 0) is 0 Å². The maximum atomic E-state index is 2.43. The number of hydrogen-bond acceptors (Lipinski definition) is 1. The van der Waals surface area contributed by atoms with E-state index >= 15 is 0 Å². The second-order valence-corrected chi connectivity index (χ2v) is 19.2. The molecule has 2 heterocycles. The predicted octanol–water partition coefficient (Wildman–Crippen LogP) is 19.7. The highest BCUT2D eigenvalue weighted by Crippen LogP contribution is 2.47.